The van der Waals surface area contributed by atoms with Gasteiger partial charge in [0.25, 0.3) is 0 Å². The molecular formula is C29H33N5O2S. The van der Waals surface area contributed by atoms with E-state index in [2.05, 4.69) is 55.9 Å². The second-order valence-corrected chi connectivity index (χ2v) is 11.0. The number of fused-ring (bicyclic) bond motifs is 1. The Bertz CT molecular complexity index is 1350. The highest BCUT2D eigenvalue weighted by molar-refractivity contribution is 7.08. The lowest BCUT2D eigenvalue weighted by atomic mass is 10.1. The van der Waals surface area contributed by atoms with Gasteiger partial charge in [-0.3, -0.25) is 14.8 Å². The Morgan fingerprint density at radius 1 is 1.11 bits per heavy atom. The van der Waals surface area contributed by atoms with Crippen LogP contribution >= 0.6 is 11.3 Å². The Kier molecular flexibility index (Phi) is 6.95. The van der Waals surface area contributed by atoms with Crippen LogP contribution in [0.2, 0.25) is 0 Å². The van der Waals surface area contributed by atoms with E-state index in [0.29, 0.717) is 0 Å². The normalized spacial score (nSPS) is 18.3. The van der Waals surface area contributed by atoms with E-state index in [1.807, 2.05) is 35.7 Å². The molecular weight excluding hydrogens is 482 g/mol. The maximum Gasteiger partial charge on any atom is 0.246 e. The summed E-state index contributed by atoms with van der Waals surface area (Å²) >= 11 is 1.63. The lowest BCUT2D eigenvalue weighted by Gasteiger charge is -2.29. The summed E-state index contributed by atoms with van der Waals surface area (Å²) in [5.41, 5.74) is 4.63. The van der Waals surface area contributed by atoms with E-state index in [1.54, 1.807) is 11.3 Å². The molecule has 0 aliphatic carbocycles. The monoisotopic (exact) mass is 515 g/mol. The highest BCUT2D eigenvalue weighted by atomic mass is 32.1. The molecule has 8 heteroatoms. The lowest BCUT2D eigenvalue weighted by Crippen LogP contribution is -2.35. The number of nitrogens with zero attached hydrogens (tertiary/aromatic N) is 3. The van der Waals surface area contributed by atoms with Crippen LogP contribution in [-0.4, -0.2) is 65.2 Å². The largest absolute Gasteiger partial charge is 0.490 e. The van der Waals surface area contributed by atoms with E-state index in [9.17, 15) is 4.79 Å². The molecule has 1 unspecified atom stereocenters. The molecule has 37 heavy (non-hydrogen) atoms. The van der Waals surface area contributed by atoms with Gasteiger partial charge in [0.05, 0.1) is 5.52 Å². The van der Waals surface area contributed by atoms with Crippen LogP contribution in [0.4, 0.5) is 5.69 Å². The molecule has 0 radical (unpaired) electrons. The maximum atomic E-state index is 13.5. The van der Waals surface area contributed by atoms with E-state index in [1.165, 1.54) is 0 Å². The van der Waals surface area contributed by atoms with Crippen LogP contribution < -0.4 is 10.1 Å². The number of anilines is 1. The van der Waals surface area contributed by atoms with Crippen molar-refractivity contribution < 1.29 is 9.53 Å². The molecule has 1 atom stereocenters. The number of ether oxygens (including phenoxy) is 1. The van der Waals surface area contributed by atoms with Crippen molar-refractivity contribution in [3.8, 4) is 17.0 Å². The minimum atomic E-state index is -0.262. The minimum absolute atomic E-state index is 0.0122. The van der Waals surface area contributed by atoms with Gasteiger partial charge < -0.3 is 15.0 Å². The van der Waals surface area contributed by atoms with Crippen molar-refractivity contribution in [2.24, 2.45) is 0 Å². The molecule has 2 N–H and O–H groups in total. The van der Waals surface area contributed by atoms with Gasteiger partial charge in [0, 0.05) is 29.7 Å². The Hall–Kier alpha value is -3.20. The summed E-state index contributed by atoms with van der Waals surface area (Å²) in [4.78, 5) is 18.1. The molecule has 2 aromatic carbocycles. The zero-order valence-electron chi connectivity index (χ0n) is 21.2. The zero-order valence-corrected chi connectivity index (χ0v) is 22.0. The third-order valence-electron chi connectivity index (χ3n) is 7.52. The maximum absolute atomic E-state index is 13.5. The fourth-order valence-corrected chi connectivity index (χ4v) is 6.17. The first kappa shape index (κ1) is 24.2. The zero-order chi connectivity index (χ0) is 25.2. The van der Waals surface area contributed by atoms with Crippen molar-refractivity contribution in [1.29, 1.82) is 0 Å². The quantitative estimate of drug-likeness (QED) is 0.338. The van der Waals surface area contributed by atoms with Crippen molar-refractivity contribution in [3.05, 3.63) is 64.9 Å². The number of hydrogen-bond donors (Lipinski definition) is 2. The van der Waals surface area contributed by atoms with E-state index in [4.69, 9.17) is 4.74 Å². The van der Waals surface area contributed by atoms with E-state index < -0.39 is 0 Å². The molecule has 0 spiro atoms. The number of nitrogens with one attached hydrogen (secondary N) is 2. The Morgan fingerprint density at radius 3 is 2.73 bits per heavy atom. The molecule has 2 fully saturated rings. The van der Waals surface area contributed by atoms with E-state index in [0.717, 1.165) is 91.0 Å². The summed E-state index contributed by atoms with van der Waals surface area (Å²) in [6.07, 6.45) is 4.60. The van der Waals surface area contributed by atoms with Gasteiger partial charge in [0.2, 0.25) is 5.91 Å². The Morgan fingerprint density at radius 2 is 1.95 bits per heavy atom. The average molecular weight is 516 g/mol. The van der Waals surface area contributed by atoms with Crippen LogP contribution in [0.3, 0.4) is 0 Å². The molecule has 7 nitrogen and oxygen atoms in total. The Labute approximate surface area is 221 Å². The summed E-state index contributed by atoms with van der Waals surface area (Å²) in [6, 6.07) is 15.9. The fourth-order valence-electron chi connectivity index (χ4n) is 5.49. The van der Waals surface area contributed by atoms with Crippen LogP contribution in [-0.2, 0) is 4.79 Å². The SMILES string of the molecule is CN1CCC(Oc2cccc(-c3n[nH]c4ccc(NC(=O)C(c5ccsc5)N5CCCC5)cc34)c2)CC1. The second kappa shape index (κ2) is 10.7. The highest BCUT2D eigenvalue weighted by Gasteiger charge is 2.30. The van der Waals surface area contributed by atoms with Crippen molar-refractivity contribution >= 4 is 33.8 Å². The van der Waals surface area contributed by atoms with Crippen molar-refractivity contribution in [3.63, 3.8) is 0 Å². The fraction of sp³-hybridized carbons (Fsp3) is 0.379. The minimum Gasteiger partial charge on any atom is -0.490 e. The number of aromatic amines is 1. The molecule has 0 bridgehead atoms. The summed E-state index contributed by atoms with van der Waals surface area (Å²) < 4.78 is 6.32. The number of aromatic nitrogens is 2. The van der Waals surface area contributed by atoms with Crippen LogP contribution in [0.15, 0.2) is 59.3 Å². The number of amides is 1. The first-order chi connectivity index (χ1) is 18.1. The molecule has 2 aliphatic rings. The first-order valence-corrected chi connectivity index (χ1v) is 14.1. The molecule has 2 aromatic heterocycles. The van der Waals surface area contributed by atoms with Gasteiger partial charge in [-0.25, -0.2) is 0 Å². The van der Waals surface area contributed by atoms with Crippen LogP contribution in [0.1, 0.15) is 37.3 Å². The molecule has 6 rings (SSSR count). The predicted octanol–water partition coefficient (Wildman–Crippen LogP) is 5.54. The third-order valence-corrected chi connectivity index (χ3v) is 8.22. The predicted molar refractivity (Wildman–Crippen MR) is 149 cm³/mol. The average Bonchev–Trinajstić information content (AvgIpc) is 3.69. The van der Waals surface area contributed by atoms with Crippen molar-refractivity contribution in [2.75, 3.05) is 38.5 Å². The number of piperidine rings is 1. The first-order valence-electron chi connectivity index (χ1n) is 13.1. The van der Waals surface area contributed by atoms with Gasteiger partial charge in [-0.15, -0.1) is 0 Å². The van der Waals surface area contributed by atoms with Gasteiger partial charge in [0.1, 0.15) is 23.6 Å². The molecule has 0 saturated carbocycles. The number of carbonyl (C=O) groups excluding carboxylic acids is 1. The summed E-state index contributed by atoms with van der Waals surface area (Å²) in [6.45, 7) is 4.03. The van der Waals surface area contributed by atoms with Crippen LogP contribution in [0.25, 0.3) is 22.2 Å². The van der Waals surface area contributed by atoms with Crippen LogP contribution in [0, 0.1) is 0 Å². The smallest absolute Gasteiger partial charge is 0.246 e. The number of benzene rings is 2. The Balaban J connectivity index is 1.23. The topological polar surface area (TPSA) is 73.5 Å². The number of likely N-dealkylation sites (tertiary alicyclic amines) is 2. The molecule has 4 heterocycles. The summed E-state index contributed by atoms with van der Waals surface area (Å²) in [5, 5.41) is 16.1. The number of thiophene rings is 1. The summed E-state index contributed by atoms with van der Waals surface area (Å²) in [5.74, 6) is 0.884. The standard InChI is InChI=1S/C29H33N5O2S/c1-33-14-9-23(10-15-33)36-24-6-4-5-20(17-24)27-25-18-22(7-8-26(25)31-32-27)30-29(35)28(21-11-16-37-19-21)34-12-2-3-13-34/h4-8,11,16-19,23,28H,2-3,9-10,12-15H2,1H3,(H,30,35)(H,31,32). The van der Waals surface area contributed by atoms with Crippen molar-refractivity contribution in [1.82, 2.24) is 20.0 Å². The molecule has 192 valence electrons. The van der Waals surface area contributed by atoms with Gasteiger partial charge in [-0.05, 0) is 98.5 Å². The number of rotatable bonds is 7. The summed E-state index contributed by atoms with van der Waals surface area (Å²) in [7, 11) is 2.16. The van der Waals surface area contributed by atoms with Gasteiger partial charge in [-0.2, -0.15) is 16.4 Å². The second-order valence-electron chi connectivity index (χ2n) is 10.2. The lowest BCUT2D eigenvalue weighted by molar-refractivity contribution is -0.121. The number of H-pyrrole nitrogens is 1. The number of hydrogen-bond acceptors (Lipinski definition) is 6. The van der Waals surface area contributed by atoms with E-state index in [-0.39, 0.29) is 18.1 Å². The van der Waals surface area contributed by atoms with E-state index >= 15 is 0 Å². The number of carbonyl (C=O) groups is 1. The van der Waals surface area contributed by atoms with Gasteiger partial charge in [-0.1, -0.05) is 12.1 Å². The highest BCUT2D eigenvalue weighted by Crippen LogP contribution is 2.33. The molecule has 4 aromatic rings. The van der Waals surface area contributed by atoms with Crippen LogP contribution in [0.5, 0.6) is 5.75 Å². The molecule has 2 aliphatic heterocycles. The van der Waals surface area contributed by atoms with Gasteiger partial charge in [0.15, 0.2) is 0 Å². The molecule has 1 amide bonds. The van der Waals surface area contributed by atoms with Gasteiger partial charge >= 0.3 is 0 Å². The molecule has 2 saturated heterocycles. The third kappa shape index (κ3) is 5.28. The van der Waals surface area contributed by atoms with Crippen molar-refractivity contribution in [2.45, 2.75) is 37.8 Å².